The van der Waals surface area contributed by atoms with Crippen molar-refractivity contribution in [2.45, 2.75) is 33.6 Å². The third-order valence-electron chi connectivity index (χ3n) is 4.29. The van der Waals surface area contributed by atoms with Gasteiger partial charge in [0.2, 0.25) is 5.88 Å². The van der Waals surface area contributed by atoms with Crippen molar-refractivity contribution < 1.29 is 9.53 Å². The summed E-state index contributed by atoms with van der Waals surface area (Å²) < 4.78 is 7.35. The van der Waals surface area contributed by atoms with Crippen LogP contribution in [0.5, 0.6) is 5.88 Å². The predicted octanol–water partition coefficient (Wildman–Crippen LogP) is 3.73. The Hall–Kier alpha value is -2.89. The van der Waals surface area contributed by atoms with Crippen LogP contribution in [0.4, 0.5) is 5.69 Å². The van der Waals surface area contributed by atoms with E-state index in [0.717, 1.165) is 28.0 Å². The van der Waals surface area contributed by atoms with Crippen molar-refractivity contribution in [1.82, 2.24) is 14.8 Å². The molecule has 0 bridgehead atoms. The van der Waals surface area contributed by atoms with Gasteiger partial charge in [0.05, 0.1) is 5.39 Å². The highest BCUT2D eigenvalue weighted by Crippen LogP contribution is 2.27. The Morgan fingerprint density at radius 3 is 2.58 bits per heavy atom. The van der Waals surface area contributed by atoms with Crippen LogP contribution in [-0.4, -0.2) is 27.3 Å². The van der Waals surface area contributed by atoms with Gasteiger partial charge < -0.3 is 10.1 Å². The van der Waals surface area contributed by atoms with Crippen molar-refractivity contribution in [3.63, 3.8) is 0 Å². The molecule has 3 aromatic rings. The fourth-order valence-corrected chi connectivity index (χ4v) is 2.93. The van der Waals surface area contributed by atoms with Crippen LogP contribution < -0.4 is 10.1 Å². The van der Waals surface area contributed by atoms with E-state index in [2.05, 4.69) is 29.2 Å². The number of anilines is 1. The second-order valence-corrected chi connectivity index (χ2v) is 6.82. The lowest BCUT2D eigenvalue weighted by Crippen LogP contribution is -2.20. The van der Waals surface area contributed by atoms with E-state index in [0.29, 0.717) is 11.8 Å². The molecular weight excluding hydrogens is 328 g/mol. The minimum atomic E-state index is -0.223. The van der Waals surface area contributed by atoms with Crippen LogP contribution in [0.15, 0.2) is 30.3 Å². The van der Waals surface area contributed by atoms with Gasteiger partial charge >= 0.3 is 0 Å². The topological polar surface area (TPSA) is 69.0 Å². The molecule has 6 nitrogen and oxygen atoms in total. The third kappa shape index (κ3) is 3.69. The van der Waals surface area contributed by atoms with Crippen molar-refractivity contribution in [2.24, 2.45) is 7.05 Å². The van der Waals surface area contributed by atoms with Crippen LogP contribution in [-0.2, 0) is 11.8 Å². The smallest absolute Gasteiger partial charge is 0.262 e. The van der Waals surface area contributed by atoms with Gasteiger partial charge in [-0.05, 0) is 49.1 Å². The van der Waals surface area contributed by atoms with Crippen LogP contribution in [0.1, 0.15) is 36.6 Å². The average molecular weight is 352 g/mol. The van der Waals surface area contributed by atoms with Crippen LogP contribution in [0, 0.1) is 13.8 Å². The molecule has 0 radical (unpaired) electrons. The predicted molar refractivity (Wildman–Crippen MR) is 103 cm³/mol. The van der Waals surface area contributed by atoms with Crippen molar-refractivity contribution in [3.05, 3.63) is 47.2 Å². The molecule has 0 unspecified atom stereocenters. The molecular formula is C20H24N4O2. The third-order valence-corrected chi connectivity index (χ3v) is 4.29. The highest BCUT2D eigenvalue weighted by Gasteiger charge is 2.15. The van der Waals surface area contributed by atoms with Gasteiger partial charge in [0.25, 0.3) is 5.91 Å². The number of nitrogens with zero attached hydrogens (tertiary/aromatic N) is 3. The van der Waals surface area contributed by atoms with Gasteiger partial charge in [-0.3, -0.25) is 4.79 Å². The number of rotatable bonds is 5. The monoisotopic (exact) mass is 352 g/mol. The van der Waals surface area contributed by atoms with E-state index in [9.17, 15) is 4.79 Å². The minimum absolute atomic E-state index is 0.106. The highest BCUT2D eigenvalue weighted by atomic mass is 16.5. The average Bonchev–Trinajstić information content (AvgIpc) is 2.90. The normalized spacial score (nSPS) is 11.2. The summed E-state index contributed by atoms with van der Waals surface area (Å²) >= 11 is 0. The summed E-state index contributed by atoms with van der Waals surface area (Å²) in [4.78, 5) is 16.7. The number of carbonyl (C=O) groups is 1. The molecule has 1 aromatic carbocycles. The second kappa shape index (κ2) is 7.15. The maximum atomic E-state index is 12.2. The Balaban J connectivity index is 1.69. The highest BCUT2D eigenvalue weighted by molar-refractivity contribution is 5.92. The van der Waals surface area contributed by atoms with Crippen molar-refractivity contribution in [1.29, 1.82) is 0 Å². The molecule has 0 saturated carbocycles. The molecule has 3 rings (SSSR count). The van der Waals surface area contributed by atoms with Gasteiger partial charge in [-0.25, -0.2) is 9.67 Å². The summed E-state index contributed by atoms with van der Waals surface area (Å²) in [6.07, 6.45) is 0. The number of hydrogen-bond acceptors (Lipinski definition) is 4. The number of carbonyl (C=O) groups excluding carboxylic acids is 1. The zero-order valence-corrected chi connectivity index (χ0v) is 15.8. The quantitative estimate of drug-likeness (QED) is 0.760. The first-order valence-electron chi connectivity index (χ1n) is 8.68. The molecule has 0 saturated heterocycles. The van der Waals surface area contributed by atoms with Gasteiger partial charge in [0.1, 0.15) is 0 Å². The molecule has 26 heavy (non-hydrogen) atoms. The van der Waals surface area contributed by atoms with E-state index >= 15 is 0 Å². The molecule has 1 amide bonds. The van der Waals surface area contributed by atoms with Gasteiger partial charge in [-0.2, -0.15) is 0 Å². The van der Waals surface area contributed by atoms with Crippen molar-refractivity contribution in [2.75, 3.05) is 11.9 Å². The standard InChI is InChI=1S/C20H24N4O2/c1-12(2)15-6-8-16(9-7-15)22-17(25)11-26-20-18-13(3)10-14(4)21-19(18)24(5)23-20/h6-10,12H,11H2,1-5H3,(H,22,25). The molecule has 0 aliphatic carbocycles. The minimum Gasteiger partial charge on any atom is -0.466 e. The fraction of sp³-hybridized carbons (Fsp3) is 0.350. The summed E-state index contributed by atoms with van der Waals surface area (Å²) in [7, 11) is 1.82. The van der Waals surface area contributed by atoms with Gasteiger partial charge in [0.15, 0.2) is 12.3 Å². The van der Waals surface area contributed by atoms with E-state index < -0.39 is 0 Å². The maximum absolute atomic E-state index is 12.2. The van der Waals surface area contributed by atoms with E-state index in [-0.39, 0.29) is 12.5 Å². The Kier molecular flexibility index (Phi) is 4.93. The number of fused-ring (bicyclic) bond motifs is 1. The molecule has 0 spiro atoms. The van der Waals surface area contributed by atoms with Crippen LogP contribution in [0.2, 0.25) is 0 Å². The molecule has 6 heteroatoms. The van der Waals surface area contributed by atoms with E-state index in [1.54, 1.807) is 4.68 Å². The molecule has 2 aromatic heterocycles. The van der Waals surface area contributed by atoms with Gasteiger partial charge in [0, 0.05) is 18.4 Å². The Bertz CT molecular complexity index is 943. The molecule has 0 atom stereocenters. The van der Waals surface area contributed by atoms with E-state index in [1.807, 2.05) is 51.2 Å². The van der Waals surface area contributed by atoms with Crippen molar-refractivity contribution in [3.8, 4) is 5.88 Å². The fourth-order valence-electron chi connectivity index (χ4n) is 2.93. The summed E-state index contributed by atoms with van der Waals surface area (Å²) in [5, 5.41) is 8.04. The van der Waals surface area contributed by atoms with Crippen LogP contribution in [0.3, 0.4) is 0 Å². The number of hydrogen-bond donors (Lipinski definition) is 1. The molecule has 0 aliphatic heterocycles. The van der Waals surface area contributed by atoms with Gasteiger partial charge in [-0.15, -0.1) is 5.10 Å². The lowest BCUT2D eigenvalue weighted by atomic mass is 10.0. The van der Waals surface area contributed by atoms with Crippen molar-refractivity contribution >= 4 is 22.6 Å². The lowest BCUT2D eigenvalue weighted by molar-refractivity contribution is -0.118. The second-order valence-electron chi connectivity index (χ2n) is 6.82. The Morgan fingerprint density at radius 2 is 1.92 bits per heavy atom. The number of benzene rings is 1. The molecule has 2 heterocycles. The summed E-state index contributed by atoms with van der Waals surface area (Å²) in [6.45, 7) is 8.10. The maximum Gasteiger partial charge on any atom is 0.262 e. The summed E-state index contributed by atoms with van der Waals surface area (Å²) in [5.41, 5.74) is 4.69. The molecule has 1 N–H and O–H groups in total. The largest absolute Gasteiger partial charge is 0.466 e. The zero-order chi connectivity index (χ0) is 18.8. The number of aromatic nitrogens is 3. The zero-order valence-electron chi connectivity index (χ0n) is 15.8. The summed E-state index contributed by atoms with van der Waals surface area (Å²) in [6, 6.07) is 9.82. The first-order chi connectivity index (χ1) is 12.3. The number of aryl methyl sites for hydroxylation is 3. The SMILES string of the molecule is Cc1cc(C)c2c(OCC(=O)Nc3ccc(C(C)C)cc3)nn(C)c2n1. The van der Waals surface area contributed by atoms with Crippen LogP contribution in [0.25, 0.3) is 11.0 Å². The molecule has 136 valence electrons. The van der Waals surface area contributed by atoms with Crippen LogP contribution >= 0.6 is 0 Å². The van der Waals surface area contributed by atoms with E-state index in [1.165, 1.54) is 5.56 Å². The number of ether oxygens (including phenoxy) is 1. The first kappa shape index (κ1) is 17.9. The number of nitrogens with one attached hydrogen (secondary N) is 1. The summed E-state index contributed by atoms with van der Waals surface area (Å²) in [5.74, 6) is 0.664. The number of amides is 1. The van der Waals surface area contributed by atoms with E-state index in [4.69, 9.17) is 4.74 Å². The first-order valence-corrected chi connectivity index (χ1v) is 8.68. The lowest BCUT2D eigenvalue weighted by Gasteiger charge is -2.09. The molecule has 0 fully saturated rings. The Labute approximate surface area is 153 Å². The Morgan fingerprint density at radius 1 is 1.23 bits per heavy atom. The van der Waals surface area contributed by atoms with Gasteiger partial charge in [-0.1, -0.05) is 26.0 Å². The molecule has 0 aliphatic rings. The number of pyridine rings is 1.